The molecule has 0 saturated heterocycles. The summed E-state index contributed by atoms with van der Waals surface area (Å²) in [6.45, 7) is 0. The molecule has 4 unspecified atom stereocenters. The van der Waals surface area contributed by atoms with Crippen LogP contribution in [-0.2, 0) is 89.7 Å². The number of fused-ring (bicyclic) bond motifs is 4. The number of nitrogens with one attached hydrogen (secondary N) is 4. The van der Waals surface area contributed by atoms with Gasteiger partial charge in [0.15, 0.2) is 0 Å². The molecule has 8 atom stereocenters. The topological polar surface area (TPSA) is 266 Å². The smallest absolute Gasteiger partial charge is 0.288 e. The van der Waals surface area contributed by atoms with Crippen molar-refractivity contribution in [1.29, 1.82) is 0 Å². The zero-order valence-electron chi connectivity index (χ0n) is 50.5. The third-order valence-electron chi connectivity index (χ3n) is 16.4. The highest BCUT2D eigenvalue weighted by Gasteiger charge is 2.37. The zero-order valence-corrected chi connectivity index (χ0v) is 53.5. The van der Waals surface area contributed by atoms with Crippen molar-refractivity contribution in [1.82, 2.24) is 21.3 Å². The molecule has 0 radical (unpaired) electrons. The van der Waals surface area contributed by atoms with Crippen LogP contribution in [0.15, 0.2) is 170 Å². The maximum atomic E-state index is 13.4. The van der Waals surface area contributed by atoms with Crippen molar-refractivity contribution in [2.75, 3.05) is 0 Å². The predicted molar refractivity (Wildman–Crippen MR) is 349 cm³/mol. The Balaban J connectivity index is 0.000000150. The first-order chi connectivity index (χ1) is 45.8. The van der Waals surface area contributed by atoms with Crippen LogP contribution in [0.2, 0.25) is 20.1 Å². The van der Waals surface area contributed by atoms with E-state index in [1.165, 1.54) is 48.5 Å². The molecule has 0 saturated carbocycles. The highest BCUT2D eigenvalue weighted by molar-refractivity contribution is 6.38. The maximum absolute atomic E-state index is 13.4. The number of hydrogen-bond acceptors (Lipinski definition) is 12. The average molecular weight is 1390 g/mol. The van der Waals surface area contributed by atoms with Gasteiger partial charge in [-0.1, -0.05) is 168 Å². The van der Waals surface area contributed by atoms with Gasteiger partial charge in [-0.3, -0.25) is 38.4 Å². The molecule has 12 rings (SSSR count). The fourth-order valence-corrected chi connectivity index (χ4v) is 12.0. The van der Waals surface area contributed by atoms with E-state index in [4.69, 9.17) is 46.4 Å². The molecule has 8 aromatic rings. The summed E-state index contributed by atoms with van der Waals surface area (Å²) in [6, 6.07) is 42.9. The van der Waals surface area contributed by atoms with Crippen LogP contribution in [0.25, 0.3) is 0 Å². The van der Waals surface area contributed by atoms with Crippen LogP contribution in [0.3, 0.4) is 0 Å². The minimum atomic E-state index is -0.800. The summed E-state index contributed by atoms with van der Waals surface area (Å²) < 4.78 is 53.6. The van der Waals surface area contributed by atoms with E-state index in [0.717, 1.165) is 68.8 Å². The first-order valence-electron chi connectivity index (χ1n) is 30.0. The molecule has 8 N–H and O–H groups in total. The van der Waals surface area contributed by atoms with Gasteiger partial charge in [0.1, 0.15) is 23.3 Å². The minimum Gasteiger partial charge on any atom is -0.390 e. The Morgan fingerprint density at radius 3 is 0.688 bits per heavy atom. The summed E-state index contributed by atoms with van der Waals surface area (Å²) in [7, 11) is 0. The van der Waals surface area contributed by atoms with E-state index in [1.807, 2.05) is 97.1 Å². The molecule has 96 heavy (non-hydrogen) atoms. The summed E-state index contributed by atoms with van der Waals surface area (Å²) in [6.07, 6.45) is -2.30. The van der Waals surface area contributed by atoms with E-state index in [0.29, 0.717) is 47.9 Å². The number of rotatable bonds is 16. The van der Waals surface area contributed by atoms with Gasteiger partial charge >= 0.3 is 0 Å². The van der Waals surface area contributed by atoms with Crippen molar-refractivity contribution in [3.8, 4) is 0 Å². The Labute approximate surface area is 567 Å². The molecule has 0 heterocycles. The van der Waals surface area contributed by atoms with Crippen LogP contribution in [0.5, 0.6) is 0 Å². The normalized spacial score (nSPS) is 19.0. The van der Waals surface area contributed by atoms with Crippen LogP contribution in [0.4, 0.5) is 17.6 Å². The molecule has 4 amide bonds. The first-order valence-corrected chi connectivity index (χ1v) is 31.5. The van der Waals surface area contributed by atoms with E-state index >= 15 is 0 Å². The molecule has 24 heteroatoms. The van der Waals surface area contributed by atoms with Crippen LogP contribution in [-0.4, -0.2) is 91.6 Å². The summed E-state index contributed by atoms with van der Waals surface area (Å²) in [5, 5.41) is 50.6. The van der Waals surface area contributed by atoms with E-state index in [2.05, 4.69) is 21.3 Å². The van der Waals surface area contributed by atoms with Gasteiger partial charge in [-0.05, 0) is 115 Å². The minimum absolute atomic E-state index is 0.0404. The van der Waals surface area contributed by atoms with Gasteiger partial charge in [-0.2, -0.15) is 0 Å². The maximum Gasteiger partial charge on any atom is 0.288 e. The van der Waals surface area contributed by atoms with Gasteiger partial charge < -0.3 is 41.7 Å². The Morgan fingerprint density at radius 2 is 0.500 bits per heavy atom. The standard InChI is InChI=1S/4C18H15ClFNO3/c4*19-13-6-5-10(7-14(13)20)8-16(23)18(24)21-17-12-4-2-1-3-11(12)9-15(17)22/h4*1-7,15,17,22H,8-9H2,(H,21,24)/t4*15-,17?/m1100/s1. The number of hydrogen-bond donors (Lipinski definition) is 8. The summed E-state index contributed by atoms with van der Waals surface area (Å²) >= 11 is 22.4. The molecule has 0 aromatic heterocycles. The number of carbonyl (C=O) groups excluding carboxylic acids is 8. The van der Waals surface area contributed by atoms with E-state index in [-0.39, 0.29) is 45.8 Å². The number of ketones is 4. The fourth-order valence-electron chi connectivity index (χ4n) is 11.5. The van der Waals surface area contributed by atoms with Gasteiger partial charge in [-0.15, -0.1) is 0 Å². The molecule has 0 spiro atoms. The predicted octanol–water partition coefficient (Wildman–Crippen LogP) is 9.46. The Morgan fingerprint density at radius 1 is 0.312 bits per heavy atom. The highest BCUT2D eigenvalue weighted by atomic mass is 35.5. The van der Waals surface area contributed by atoms with Crippen LogP contribution in [0.1, 0.15) is 90.9 Å². The lowest BCUT2D eigenvalue weighted by atomic mass is 10.1. The van der Waals surface area contributed by atoms with Crippen LogP contribution < -0.4 is 21.3 Å². The van der Waals surface area contributed by atoms with Gasteiger partial charge in [0, 0.05) is 51.4 Å². The number of aliphatic hydroxyl groups excluding tert-OH is 4. The second kappa shape index (κ2) is 32.2. The first kappa shape index (κ1) is 71.3. The Hall–Kier alpha value is -8.96. The Bertz CT molecular complexity index is 3770. The molecule has 0 fully saturated rings. The van der Waals surface area contributed by atoms with E-state index in [9.17, 15) is 76.3 Å². The molecule has 4 aliphatic rings. The number of benzene rings is 8. The van der Waals surface area contributed by atoms with Gasteiger partial charge in [0.25, 0.3) is 23.6 Å². The largest absolute Gasteiger partial charge is 0.390 e. The van der Waals surface area contributed by atoms with Crippen molar-refractivity contribution in [2.45, 2.75) is 99.9 Å². The third-order valence-corrected chi connectivity index (χ3v) is 17.6. The lowest BCUT2D eigenvalue weighted by molar-refractivity contribution is -0.138. The van der Waals surface area contributed by atoms with Crippen LogP contribution >= 0.6 is 46.4 Å². The summed E-state index contributed by atoms with van der Waals surface area (Å²) in [4.78, 5) is 96.7. The van der Waals surface area contributed by atoms with Crippen molar-refractivity contribution >= 4 is 93.2 Å². The van der Waals surface area contributed by atoms with Crippen molar-refractivity contribution in [3.63, 3.8) is 0 Å². The van der Waals surface area contributed by atoms with Crippen molar-refractivity contribution in [2.24, 2.45) is 0 Å². The lowest BCUT2D eigenvalue weighted by Crippen LogP contribution is -2.38. The van der Waals surface area contributed by atoms with E-state index < -0.39 is 119 Å². The molecule has 16 nitrogen and oxygen atoms in total. The summed E-state index contributed by atoms with van der Waals surface area (Å²) in [5.41, 5.74) is 8.48. The molecule has 496 valence electrons. The molecular weight excluding hydrogens is 1330 g/mol. The number of Topliss-reactive ketones (excluding diaryl/α,β-unsaturated/α-hetero) is 4. The molecule has 0 aliphatic heterocycles. The van der Waals surface area contributed by atoms with E-state index in [1.54, 1.807) is 0 Å². The molecule has 8 aromatic carbocycles. The zero-order chi connectivity index (χ0) is 69.1. The molecule has 4 aliphatic carbocycles. The quantitative estimate of drug-likeness (QED) is 0.0332. The van der Waals surface area contributed by atoms with Gasteiger partial charge in [-0.25, -0.2) is 17.6 Å². The highest BCUT2D eigenvalue weighted by Crippen LogP contribution is 2.35. The number of carbonyl (C=O) groups is 8. The third kappa shape index (κ3) is 17.9. The second-order valence-electron chi connectivity index (χ2n) is 23.1. The average Bonchev–Trinajstić information content (AvgIpc) is 1.69. The van der Waals surface area contributed by atoms with Crippen LogP contribution in [0, 0.1) is 23.3 Å². The Kier molecular flexibility index (Phi) is 23.9. The van der Waals surface area contributed by atoms with Crippen molar-refractivity contribution in [3.05, 3.63) is 280 Å². The second-order valence-corrected chi connectivity index (χ2v) is 24.7. The monoisotopic (exact) mass is 1390 g/mol. The number of aliphatic hydroxyl groups is 4. The van der Waals surface area contributed by atoms with Gasteiger partial charge in [0.05, 0.1) is 68.7 Å². The molecule has 0 bridgehead atoms. The molecular formula is C72H60Cl4F4N4O12. The SMILES string of the molecule is O=C(Cc1ccc(Cl)c(F)c1)C(=O)NC1c2ccccc2C[C@@H]1O.O=C(Cc1ccc(Cl)c(F)c1)C(=O)NC1c2ccccc2C[C@@H]1O.O=C(Cc1ccc(Cl)c(F)c1)C(=O)NC1c2ccccc2C[C@H]1O.O=C(Cc1ccc(Cl)c(F)c1)C(=O)NC1c2ccccc2C[C@H]1O. The fraction of sp³-hybridized carbons (Fsp3) is 0.222. The summed E-state index contributed by atoms with van der Waals surface area (Å²) in [5.74, 6) is -8.55. The van der Waals surface area contributed by atoms with Gasteiger partial charge in [0.2, 0.25) is 23.1 Å². The number of amides is 4. The van der Waals surface area contributed by atoms with Crippen molar-refractivity contribution < 1.29 is 76.3 Å². The lowest BCUT2D eigenvalue weighted by Gasteiger charge is -2.17. The number of halogens is 8.